The third-order valence-corrected chi connectivity index (χ3v) is 4.89. The zero-order chi connectivity index (χ0) is 14.7. The summed E-state index contributed by atoms with van der Waals surface area (Å²) in [7, 11) is 0. The van der Waals surface area contributed by atoms with E-state index in [0.717, 1.165) is 45.0 Å². The molecule has 2 aliphatic heterocycles. The second-order valence-electron chi connectivity index (χ2n) is 7.00. The molecule has 116 valence electrons. The highest BCUT2D eigenvalue weighted by molar-refractivity contribution is 5.40. The topological polar surface area (TPSA) is 39.6 Å². The van der Waals surface area contributed by atoms with Crippen molar-refractivity contribution in [1.29, 1.82) is 0 Å². The third-order valence-electron chi connectivity index (χ3n) is 4.89. The van der Waals surface area contributed by atoms with E-state index in [1.165, 1.54) is 24.8 Å². The van der Waals surface area contributed by atoms with Gasteiger partial charge < -0.3 is 10.0 Å². The van der Waals surface area contributed by atoms with Crippen LogP contribution in [-0.2, 0) is 6.54 Å². The van der Waals surface area contributed by atoms with Crippen molar-refractivity contribution in [3.8, 4) is 0 Å². The molecule has 21 heavy (non-hydrogen) atoms. The van der Waals surface area contributed by atoms with Crippen LogP contribution in [0.1, 0.15) is 38.2 Å². The van der Waals surface area contributed by atoms with Crippen LogP contribution in [0, 0.1) is 5.41 Å². The fourth-order valence-electron chi connectivity index (χ4n) is 3.59. The highest BCUT2D eigenvalue weighted by atomic mass is 16.3. The van der Waals surface area contributed by atoms with Crippen LogP contribution in [0.15, 0.2) is 18.3 Å². The minimum Gasteiger partial charge on any atom is -0.396 e. The Bertz CT molecular complexity index is 456. The van der Waals surface area contributed by atoms with Gasteiger partial charge in [0.15, 0.2) is 0 Å². The maximum atomic E-state index is 9.55. The number of piperidine rings is 1. The van der Waals surface area contributed by atoms with E-state index in [4.69, 9.17) is 0 Å². The zero-order valence-electron chi connectivity index (χ0n) is 13.1. The van der Waals surface area contributed by atoms with E-state index < -0.39 is 0 Å². The van der Waals surface area contributed by atoms with E-state index in [2.05, 4.69) is 33.8 Å². The molecule has 1 aromatic rings. The molecule has 0 saturated carbocycles. The zero-order valence-corrected chi connectivity index (χ0v) is 13.1. The summed E-state index contributed by atoms with van der Waals surface area (Å²) >= 11 is 0. The molecule has 2 fully saturated rings. The van der Waals surface area contributed by atoms with Crippen molar-refractivity contribution in [1.82, 2.24) is 9.88 Å². The Morgan fingerprint density at radius 3 is 2.67 bits per heavy atom. The lowest BCUT2D eigenvalue weighted by atomic mass is 9.83. The molecule has 4 nitrogen and oxygen atoms in total. The second kappa shape index (κ2) is 6.32. The number of rotatable bonds is 4. The predicted octanol–water partition coefficient (Wildman–Crippen LogP) is 2.28. The molecule has 1 N–H and O–H groups in total. The molecule has 2 aliphatic rings. The molecular weight excluding hydrogens is 262 g/mol. The molecule has 0 bridgehead atoms. The number of anilines is 1. The lowest BCUT2D eigenvalue weighted by Gasteiger charge is -2.39. The Balaban J connectivity index is 1.59. The number of hydrogen-bond donors (Lipinski definition) is 1. The van der Waals surface area contributed by atoms with Crippen LogP contribution in [-0.4, -0.2) is 47.8 Å². The molecule has 2 saturated heterocycles. The molecule has 4 heteroatoms. The van der Waals surface area contributed by atoms with Gasteiger partial charge in [-0.25, -0.2) is 4.98 Å². The minimum absolute atomic E-state index is 0.0706. The van der Waals surface area contributed by atoms with Crippen LogP contribution in [0.25, 0.3) is 0 Å². The molecule has 0 aromatic carbocycles. The molecule has 0 spiro atoms. The van der Waals surface area contributed by atoms with Crippen molar-refractivity contribution in [2.24, 2.45) is 5.41 Å². The highest BCUT2D eigenvalue weighted by Crippen LogP contribution is 2.29. The third kappa shape index (κ3) is 3.55. The van der Waals surface area contributed by atoms with E-state index in [-0.39, 0.29) is 12.0 Å². The van der Waals surface area contributed by atoms with Gasteiger partial charge in [-0.1, -0.05) is 13.0 Å². The normalized spacial score (nSPS) is 27.2. The monoisotopic (exact) mass is 289 g/mol. The van der Waals surface area contributed by atoms with E-state index >= 15 is 0 Å². The van der Waals surface area contributed by atoms with Gasteiger partial charge in [0.25, 0.3) is 0 Å². The summed E-state index contributed by atoms with van der Waals surface area (Å²) in [5.41, 5.74) is 1.35. The van der Waals surface area contributed by atoms with E-state index in [0.29, 0.717) is 0 Å². The first-order chi connectivity index (χ1) is 10.2. The summed E-state index contributed by atoms with van der Waals surface area (Å²) in [4.78, 5) is 9.45. The van der Waals surface area contributed by atoms with Crippen LogP contribution >= 0.6 is 0 Å². The van der Waals surface area contributed by atoms with Gasteiger partial charge in [-0.15, -0.1) is 0 Å². The summed E-state index contributed by atoms with van der Waals surface area (Å²) in [6.07, 6.45) is 6.91. The first-order valence-corrected chi connectivity index (χ1v) is 8.22. The van der Waals surface area contributed by atoms with E-state index in [9.17, 15) is 5.11 Å². The summed E-state index contributed by atoms with van der Waals surface area (Å²) in [5, 5.41) is 9.55. The Morgan fingerprint density at radius 1 is 1.19 bits per heavy atom. The van der Waals surface area contributed by atoms with Gasteiger partial charge in [0.1, 0.15) is 5.82 Å². The standard InChI is InChI=1S/C17H27N3O/c1-17(14-21)7-4-8-19(13-17)12-15-5-6-16(18-11-15)20-9-2-3-10-20/h5-6,11,21H,2-4,7-10,12-14H2,1H3. The molecule has 1 unspecified atom stereocenters. The summed E-state index contributed by atoms with van der Waals surface area (Å²) in [5.74, 6) is 1.12. The second-order valence-corrected chi connectivity index (χ2v) is 7.00. The van der Waals surface area contributed by atoms with Gasteiger partial charge in [0, 0.05) is 44.4 Å². The quantitative estimate of drug-likeness (QED) is 0.923. The number of nitrogens with zero attached hydrogens (tertiary/aromatic N) is 3. The Labute approximate surface area is 127 Å². The van der Waals surface area contributed by atoms with Gasteiger partial charge in [-0.3, -0.25) is 4.90 Å². The minimum atomic E-state index is 0.0706. The fraction of sp³-hybridized carbons (Fsp3) is 0.706. The summed E-state index contributed by atoms with van der Waals surface area (Å²) < 4.78 is 0. The van der Waals surface area contributed by atoms with Gasteiger partial charge >= 0.3 is 0 Å². The number of aliphatic hydroxyl groups excluding tert-OH is 1. The van der Waals surface area contributed by atoms with Crippen LogP contribution in [0.2, 0.25) is 0 Å². The Kier molecular flexibility index (Phi) is 4.45. The van der Waals surface area contributed by atoms with Crippen molar-refractivity contribution in [3.63, 3.8) is 0 Å². The van der Waals surface area contributed by atoms with Crippen LogP contribution < -0.4 is 4.90 Å². The maximum absolute atomic E-state index is 9.55. The Hall–Kier alpha value is -1.13. The molecule has 3 heterocycles. The molecule has 3 rings (SSSR count). The van der Waals surface area contributed by atoms with E-state index in [1.807, 2.05) is 6.20 Å². The first kappa shape index (κ1) is 14.8. The number of aliphatic hydroxyl groups is 1. The SMILES string of the molecule is CC1(CO)CCCN(Cc2ccc(N3CCCC3)nc2)C1. The smallest absolute Gasteiger partial charge is 0.128 e. The van der Waals surface area contributed by atoms with E-state index in [1.54, 1.807) is 0 Å². The van der Waals surface area contributed by atoms with Crippen molar-refractivity contribution in [2.45, 2.75) is 39.2 Å². The van der Waals surface area contributed by atoms with Gasteiger partial charge in [0.05, 0.1) is 0 Å². The largest absolute Gasteiger partial charge is 0.396 e. The van der Waals surface area contributed by atoms with Crippen molar-refractivity contribution < 1.29 is 5.11 Å². The number of hydrogen-bond acceptors (Lipinski definition) is 4. The molecule has 1 atom stereocenters. The number of aromatic nitrogens is 1. The molecule has 0 amide bonds. The lowest BCUT2D eigenvalue weighted by molar-refractivity contribution is 0.0429. The van der Waals surface area contributed by atoms with Crippen molar-refractivity contribution in [2.75, 3.05) is 37.7 Å². The maximum Gasteiger partial charge on any atom is 0.128 e. The molecular formula is C17H27N3O. The Morgan fingerprint density at radius 2 is 2.00 bits per heavy atom. The van der Waals surface area contributed by atoms with Crippen molar-refractivity contribution >= 4 is 5.82 Å². The molecule has 0 aliphatic carbocycles. The van der Waals surface area contributed by atoms with Gasteiger partial charge in [0.2, 0.25) is 0 Å². The average Bonchev–Trinajstić information content (AvgIpc) is 3.02. The summed E-state index contributed by atoms with van der Waals surface area (Å²) in [6, 6.07) is 4.38. The van der Waals surface area contributed by atoms with Crippen LogP contribution in [0.4, 0.5) is 5.82 Å². The molecule has 0 radical (unpaired) electrons. The van der Waals surface area contributed by atoms with Crippen LogP contribution in [0.5, 0.6) is 0 Å². The predicted molar refractivity (Wildman–Crippen MR) is 85.4 cm³/mol. The molecule has 1 aromatic heterocycles. The first-order valence-electron chi connectivity index (χ1n) is 8.22. The summed E-state index contributed by atoms with van der Waals surface area (Å²) in [6.45, 7) is 7.83. The average molecular weight is 289 g/mol. The number of likely N-dealkylation sites (tertiary alicyclic amines) is 1. The highest BCUT2D eigenvalue weighted by Gasteiger charge is 2.30. The van der Waals surface area contributed by atoms with Crippen LogP contribution in [0.3, 0.4) is 0 Å². The van der Waals surface area contributed by atoms with Gasteiger partial charge in [-0.2, -0.15) is 0 Å². The lowest BCUT2D eigenvalue weighted by Crippen LogP contribution is -2.43. The number of pyridine rings is 1. The van der Waals surface area contributed by atoms with Gasteiger partial charge in [-0.05, 0) is 43.9 Å². The fourth-order valence-corrected chi connectivity index (χ4v) is 3.59. The van der Waals surface area contributed by atoms with Crippen molar-refractivity contribution in [3.05, 3.63) is 23.9 Å².